The molecule has 3 aromatic rings. The van der Waals surface area contributed by atoms with Crippen molar-refractivity contribution in [3.63, 3.8) is 0 Å². The Bertz CT molecular complexity index is 1080. The van der Waals surface area contributed by atoms with E-state index < -0.39 is 10.0 Å². The van der Waals surface area contributed by atoms with Gasteiger partial charge in [-0.25, -0.2) is 8.42 Å². The number of ketones is 1. The molecule has 0 spiro atoms. The van der Waals surface area contributed by atoms with E-state index in [-0.39, 0.29) is 16.1 Å². The van der Waals surface area contributed by atoms with E-state index in [4.69, 9.17) is 0 Å². The lowest BCUT2D eigenvalue weighted by atomic mass is 9.86. The van der Waals surface area contributed by atoms with Crippen LogP contribution in [0.15, 0.2) is 83.8 Å². The maximum absolute atomic E-state index is 12.8. The molecule has 5 heteroatoms. The molecule has 0 saturated carbocycles. The van der Waals surface area contributed by atoms with Crippen LogP contribution in [-0.4, -0.2) is 14.2 Å². The minimum Gasteiger partial charge on any atom is -0.289 e. The molecule has 144 valence electrons. The average molecular weight is 394 g/mol. The van der Waals surface area contributed by atoms with E-state index in [1.54, 1.807) is 42.5 Å². The van der Waals surface area contributed by atoms with E-state index in [1.807, 2.05) is 24.3 Å². The van der Waals surface area contributed by atoms with Crippen molar-refractivity contribution in [1.29, 1.82) is 0 Å². The summed E-state index contributed by atoms with van der Waals surface area (Å²) in [5.41, 5.74) is 2.50. The molecule has 0 aromatic heterocycles. The van der Waals surface area contributed by atoms with Crippen LogP contribution in [0.1, 0.15) is 42.3 Å². The summed E-state index contributed by atoms with van der Waals surface area (Å²) in [5, 5.41) is 0. The van der Waals surface area contributed by atoms with Gasteiger partial charge in [0.2, 0.25) is 0 Å². The van der Waals surface area contributed by atoms with E-state index in [0.29, 0.717) is 16.8 Å². The van der Waals surface area contributed by atoms with Gasteiger partial charge in [-0.15, -0.1) is 0 Å². The highest BCUT2D eigenvalue weighted by molar-refractivity contribution is 7.92. The predicted molar refractivity (Wildman–Crippen MR) is 112 cm³/mol. The van der Waals surface area contributed by atoms with Crippen LogP contribution in [0.25, 0.3) is 0 Å². The molecule has 0 unspecified atom stereocenters. The lowest BCUT2D eigenvalue weighted by Crippen LogP contribution is -2.13. The molecule has 4 nitrogen and oxygen atoms in total. The zero-order chi connectivity index (χ0) is 20.4. The Morgan fingerprint density at radius 3 is 2.04 bits per heavy atom. The first-order chi connectivity index (χ1) is 13.2. The number of carbonyl (C=O) groups is 1. The average Bonchev–Trinajstić information content (AvgIpc) is 2.67. The minimum absolute atomic E-state index is 0.0111. The Morgan fingerprint density at radius 1 is 0.786 bits per heavy atom. The van der Waals surface area contributed by atoms with Gasteiger partial charge in [-0.1, -0.05) is 75.4 Å². The van der Waals surface area contributed by atoms with Gasteiger partial charge in [-0.2, -0.15) is 0 Å². The van der Waals surface area contributed by atoms with E-state index in [9.17, 15) is 13.2 Å². The summed E-state index contributed by atoms with van der Waals surface area (Å²) in [6, 6.07) is 22.2. The van der Waals surface area contributed by atoms with Gasteiger partial charge in [-0.3, -0.25) is 9.52 Å². The third-order valence-electron chi connectivity index (χ3n) is 4.44. The highest BCUT2D eigenvalue weighted by Gasteiger charge is 2.17. The van der Waals surface area contributed by atoms with Crippen LogP contribution >= 0.6 is 0 Å². The van der Waals surface area contributed by atoms with Crippen molar-refractivity contribution < 1.29 is 13.2 Å². The van der Waals surface area contributed by atoms with E-state index >= 15 is 0 Å². The fourth-order valence-corrected chi connectivity index (χ4v) is 3.90. The number of sulfonamides is 1. The fraction of sp³-hybridized carbons (Fsp3) is 0.174. The van der Waals surface area contributed by atoms with Crippen molar-refractivity contribution in [2.45, 2.75) is 31.1 Å². The Labute approximate surface area is 166 Å². The number of benzene rings is 3. The normalized spacial score (nSPS) is 11.8. The van der Waals surface area contributed by atoms with Gasteiger partial charge in [0.05, 0.1) is 4.90 Å². The first kappa shape index (κ1) is 19.8. The van der Waals surface area contributed by atoms with Gasteiger partial charge in [0.25, 0.3) is 10.0 Å². The van der Waals surface area contributed by atoms with E-state index in [1.165, 1.54) is 12.1 Å². The Hall–Kier alpha value is -2.92. The Balaban J connectivity index is 1.84. The van der Waals surface area contributed by atoms with Crippen molar-refractivity contribution in [1.82, 2.24) is 0 Å². The van der Waals surface area contributed by atoms with E-state index in [0.717, 1.165) is 5.56 Å². The molecular weight excluding hydrogens is 370 g/mol. The molecule has 0 amide bonds. The van der Waals surface area contributed by atoms with Crippen LogP contribution in [-0.2, 0) is 15.4 Å². The maximum atomic E-state index is 12.8. The first-order valence-electron chi connectivity index (χ1n) is 9.00. The van der Waals surface area contributed by atoms with Crippen molar-refractivity contribution >= 4 is 21.5 Å². The highest BCUT2D eigenvalue weighted by atomic mass is 32.2. The minimum atomic E-state index is -3.70. The second-order valence-electron chi connectivity index (χ2n) is 7.66. The molecule has 0 aliphatic rings. The molecule has 0 aliphatic heterocycles. The summed E-state index contributed by atoms with van der Waals surface area (Å²) < 4.78 is 27.5. The predicted octanol–water partition coefficient (Wildman–Crippen LogP) is 5.02. The number of nitrogens with one attached hydrogen (secondary N) is 1. The number of hydrogen-bond acceptors (Lipinski definition) is 3. The van der Waals surface area contributed by atoms with Crippen LogP contribution in [0.5, 0.6) is 0 Å². The largest absolute Gasteiger partial charge is 0.289 e. The molecule has 0 fully saturated rings. The summed E-state index contributed by atoms with van der Waals surface area (Å²) in [5.74, 6) is -0.152. The molecule has 0 atom stereocenters. The van der Waals surface area contributed by atoms with Gasteiger partial charge < -0.3 is 0 Å². The Morgan fingerprint density at radius 2 is 1.43 bits per heavy atom. The molecule has 0 heterocycles. The van der Waals surface area contributed by atoms with Gasteiger partial charge in [0.1, 0.15) is 0 Å². The summed E-state index contributed by atoms with van der Waals surface area (Å²) in [6.07, 6.45) is 0. The molecule has 28 heavy (non-hydrogen) atoms. The SMILES string of the molecule is CC(C)(C)c1ccc(C(=O)c2cccc(NS(=O)(=O)c3ccccc3)c2)cc1. The van der Waals surface area contributed by atoms with Crippen molar-refractivity contribution in [3.05, 3.63) is 95.6 Å². The zero-order valence-corrected chi connectivity index (χ0v) is 17.0. The smallest absolute Gasteiger partial charge is 0.261 e. The van der Waals surface area contributed by atoms with Crippen LogP contribution in [0.3, 0.4) is 0 Å². The molecule has 0 radical (unpaired) electrons. The zero-order valence-electron chi connectivity index (χ0n) is 16.1. The second-order valence-corrected chi connectivity index (χ2v) is 9.34. The van der Waals surface area contributed by atoms with Crippen LogP contribution in [0.2, 0.25) is 0 Å². The molecule has 0 bridgehead atoms. The number of rotatable bonds is 5. The lowest BCUT2D eigenvalue weighted by Gasteiger charge is -2.19. The molecule has 3 aromatic carbocycles. The van der Waals surface area contributed by atoms with Gasteiger partial charge in [0, 0.05) is 16.8 Å². The van der Waals surface area contributed by atoms with Crippen molar-refractivity contribution in [2.75, 3.05) is 4.72 Å². The summed E-state index contributed by atoms with van der Waals surface area (Å²) in [7, 11) is -3.70. The van der Waals surface area contributed by atoms with Crippen LogP contribution in [0.4, 0.5) is 5.69 Å². The molecule has 0 saturated heterocycles. The topological polar surface area (TPSA) is 63.2 Å². The second kappa shape index (κ2) is 7.60. The van der Waals surface area contributed by atoms with Crippen LogP contribution < -0.4 is 4.72 Å². The molecule has 3 rings (SSSR count). The van der Waals surface area contributed by atoms with Crippen LogP contribution in [0, 0.1) is 0 Å². The first-order valence-corrected chi connectivity index (χ1v) is 10.5. The number of anilines is 1. The summed E-state index contributed by atoms with van der Waals surface area (Å²) in [6.45, 7) is 6.35. The third-order valence-corrected chi connectivity index (χ3v) is 5.84. The standard InChI is InChI=1S/C23H23NO3S/c1-23(2,3)19-14-12-17(13-15-19)22(25)18-8-7-9-20(16-18)24-28(26,27)21-10-5-4-6-11-21/h4-16,24H,1-3H3. The van der Waals surface area contributed by atoms with Gasteiger partial charge in [-0.05, 0) is 35.2 Å². The summed E-state index contributed by atoms with van der Waals surface area (Å²) >= 11 is 0. The fourth-order valence-electron chi connectivity index (χ4n) is 2.83. The van der Waals surface area contributed by atoms with Gasteiger partial charge in [0.15, 0.2) is 5.78 Å². The monoisotopic (exact) mass is 393 g/mol. The lowest BCUT2D eigenvalue weighted by molar-refractivity contribution is 0.103. The van der Waals surface area contributed by atoms with E-state index in [2.05, 4.69) is 25.5 Å². The summed E-state index contributed by atoms with van der Waals surface area (Å²) in [4.78, 5) is 13.0. The van der Waals surface area contributed by atoms with Crippen molar-refractivity contribution in [3.8, 4) is 0 Å². The number of carbonyl (C=O) groups excluding carboxylic acids is 1. The van der Waals surface area contributed by atoms with Crippen molar-refractivity contribution in [2.24, 2.45) is 0 Å². The Kier molecular flexibility index (Phi) is 5.38. The quantitative estimate of drug-likeness (QED) is 0.619. The number of hydrogen-bond donors (Lipinski definition) is 1. The maximum Gasteiger partial charge on any atom is 0.261 e. The molecular formula is C23H23NO3S. The third kappa shape index (κ3) is 4.49. The highest BCUT2D eigenvalue weighted by Crippen LogP contribution is 2.24. The molecule has 0 aliphatic carbocycles. The van der Waals surface area contributed by atoms with Gasteiger partial charge >= 0.3 is 0 Å². The molecule has 1 N–H and O–H groups in total.